The molecule has 2 aromatic carbocycles. The number of aryl methyl sites for hydroxylation is 2. The Morgan fingerprint density at radius 3 is 1.52 bits per heavy atom. The fourth-order valence-electron chi connectivity index (χ4n) is 5.61. The van der Waals surface area contributed by atoms with Gasteiger partial charge >= 0.3 is 11.0 Å². The van der Waals surface area contributed by atoms with Crippen LogP contribution in [0.5, 0.6) is 0 Å². The summed E-state index contributed by atoms with van der Waals surface area (Å²) < 4.78 is 129. The molecule has 56 heavy (non-hydrogen) atoms. The molecule has 0 saturated carbocycles. The van der Waals surface area contributed by atoms with Crippen molar-refractivity contribution >= 4 is 87.1 Å². The number of aromatic nitrogens is 4. The Hall–Kier alpha value is -4.56. The molecule has 0 N–H and O–H groups in total. The van der Waals surface area contributed by atoms with Crippen molar-refractivity contribution in [1.29, 1.82) is 0 Å². The Bertz CT molecular complexity index is 2250. The minimum absolute atomic E-state index is 0.0711. The fourth-order valence-corrected chi connectivity index (χ4v) is 7.37. The summed E-state index contributed by atoms with van der Waals surface area (Å²) in [6, 6.07) is 5.72. The van der Waals surface area contributed by atoms with Gasteiger partial charge in [0, 0.05) is 37.6 Å². The van der Waals surface area contributed by atoms with Crippen molar-refractivity contribution in [2.75, 3.05) is 36.0 Å². The standard InChI is InChI=1S/C16H18F3N6O2S2.C14H14F3N6O2S2/c1-10(2)8-25-5-3-4-11-6-12(21-23-15-22-20-9-28-15)13(7-14(11)25)24-29(26,27)16(17,18)19;1-2-23-5-3-4-9-6-10(19-21-13-20-18-8-26-13)11(7-12(9)23)22-27(24,25)14(15,16)17/h6-7,9-10H,3-5,8H2,1-2H3;6-8H,2-5H2,1H3/q2*-1. The van der Waals surface area contributed by atoms with Crippen LogP contribution in [0.4, 0.5) is 70.7 Å². The summed E-state index contributed by atoms with van der Waals surface area (Å²) in [5.41, 5.74) is -6.13. The lowest BCUT2D eigenvalue weighted by atomic mass is 9.99. The Kier molecular flexibility index (Phi) is 13.1. The second-order valence-electron chi connectivity index (χ2n) is 12.4. The molecular weight excluding hydrogens is 835 g/mol. The first kappa shape index (κ1) is 42.6. The first-order valence-corrected chi connectivity index (χ1v) is 21.2. The minimum atomic E-state index is -5.73. The number of hydrogen-bond donors (Lipinski definition) is 0. The highest BCUT2D eigenvalue weighted by Crippen LogP contribution is 2.46. The summed E-state index contributed by atoms with van der Waals surface area (Å²) in [6.45, 7) is 8.72. The largest absolute Gasteiger partial charge is 0.568 e. The first-order chi connectivity index (χ1) is 26.3. The van der Waals surface area contributed by atoms with Gasteiger partial charge in [0.2, 0.25) is 0 Å². The van der Waals surface area contributed by atoms with E-state index in [-0.39, 0.29) is 21.6 Å². The van der Waals surface area contributed by atoms with E-state index < -0.39 is 42.4 Å². The summed E-state index contributed by atoms with van der Waals surface area (Å²) >= 11 is 2.16. The van der Waals surface area contributed by atoms with Crippen LogP contribution in [0.1, 0.15) is 44.7 Å². The van der Waals surface area contributed by atoms with Crippen molar-refractivity contribution in [3.8, 4) is 0 Å². The molecule has 0 spiro atoms. The van der Waals surface area contributed by atoms with Crippen LogP contribution in [-0.4, -0.2) is 74.4 Å². The summed E-state index contributed by atoms with van der Waals surface area (Å²) in [5.74, 6) is 0.317. The Balaban J connectivity index is 0.000000215. The maximum Gasteiger partial charge on any atom is 0.483 e. The number of hydrogen-bond acceptors (Lipinski definition) is 16. The van der Waals surface area contributed by atoms with E-state index in [1.54, 1.807) is 0 Å². The van der Waals surface area contributed by atoms with E-state index in [0.717, 1.165) is 59.7 Å². The molecule has 6 rings (SSSR count). The van der Waals surface area contributed by atoms with Gasteiger partial charge in [-0.25, -0.2) is 16.8 Å². The second kappa shape index (κ2) is 17.3. The Morgan fingerprint density at radius 2 is 1.14 bits per heavy atom. The molecule has 0 aliphatic carbocycles. The third-order valence-corrected chi connectivity index (χ3v) is 11.1. The zero-order valence-corrected chi connectivity index (χ0v) is 32.9. The molecule has 2 aliphatic heterocycles. The normalized spacial score (nSPS) is 15.2. The second-order valence-corrected chi connectivity index (χ2v) is 17.2. The number of alkyl halides is 6. The highest BCUT2D eigenvalue weighted by atomic mass is 32.2. The number of rotatable bonds is 11. The topological polar surface area (TPSA) is 204 Å². The van der Waals surface area contributed by atoms with Gasteiger partial charge in [-0.05, 0) is 61.8 Å². The number of anilines is 2. The van der Waals surface area contributed by atoms with Crippen LogP contribution in [0.15, 0.2) is 55.7 Å². The molecule has 0 fully saturated rings. The van der Waals surface area contributed by atoms with E-state index in [2.05, 4.69) is 50.3 Å². The van der Waals surface area contributed by atoms with Crippen LogP contribution in [-0.2, 0) is 32.9 Å². The predicted octanol–water partition coefficient (Wildman–Crippen LogP) is 9.80. The molecule has 2 aliphatic rings. The lowest BCUT2D eigenvalue weighted by molar-refractivity contribution is -0.0431. The SMILES string of the molecule is CC(C)CN1CCCc2cc(N=Nc3nncs3)c([N-]S(=O)(=O)C(F)(F)F)cc21.CCN1CCCc2cc(N=Nc3nncs3)c([N-]S(=O)(=O)C(F)(F)F)cc21. The third-order valence-electron chi connectivity index (χ3n) is 7.95. The number of sulfonamides is 2. The molecule has 0 saturated heterocycles. The lowest BCUT2D eigenvalue weighted by Crippen LogP contribution is -2.32. The monoisotopic (exact) mass is 866 g/mol. The Morgan fingerprint density at radius 1 is 0.714 bits per heavy atom. The number of fused-ring (bicyclic) bond motifs is 2. The fraction of sp³-hybridized carbons (Fsp3) is 0.467. The van der Waals surface area contributed by atoms with Gasteiger partial charge in [0.05, 0.1) is 11.4 Å². The number of benzene rings is 2. The van der Waals surface area contributed by atoms with Gasteiger partial charge in [-0.3, -0.25) is 0 Å². The van der Waals surface area contributed by atoms with Gasteiger partial charge in [0.1, 0.15) is 11.0 Å². The van der Waals surface area contributed by atoms with Gasteiger partial charge in [-0.1, -0.05) is 60.0 Å². The van der Waals surface area contributed by atoms with E-state index >= 15 is 0 Å². The van der Waals surface area contributed by atoms with Crippen molar-refractivity contribution in [1.82, 2.24) is 20.4 Å². The van der Waals surface area contributed by atoms with Crippen LogP contribution in [0, 0.1) is 5.92 Å². The highest BCUT2D eigenvalue weighted by molar-refractivity contribution is 7.95. The molecule has 0 radical (unpaired) electrons. The average Bonchev–Trinajstić information content (AvgIpc) is 3.84. The van der Waals surface area contributed by atoms with Crippen molar-refractivity contribution in [3.63, 3.8) is 0 Å². The van der Waals surface area contributed by atoms with Crippen LogP contribution in [0.25, 0.3) is 9.44 Å². The van der Waals surface area contributed by atoms with Crippen molar-refractivity contribution in [2.45, 2.75) is 57.5 Å². The van der Waals surface area contributed by atoms with Crippen molar-refractivity contribution < 1.29 is 43.2 Å². The van der Waals surface area contributed by atoms with Crippen LogP contribution in [0.2, 0.25) is 0 Å². The quantitative estimate of drug-likeness (QED) is 0.103. The molecule has 0 unspecified atom stereocenters. The number of halogens is 6. The summed E-state index contributed by atoms with van der Waals surface area (Å²) in [6.07, 6.45) is 3.12. The maximum atomic E-state index is 12.9. The molecule has 16 nitrogen and oxygen atoms in total. The molecule has 0 amide bonds. The van der Waals surface area contributed by atoms with Gasteiger partial charge in [0.25, 0.3) is 10.3 Å². The smallest absolute Gasteiger partial charge is 0.483 e. The molecular formula is C30H32F6N12O4S4-2. The van der Waals surface area contributed by atoms with Gasteiger partial charge in [-0.15, -0.1) is 40.9 Å². The lowest BCUT2D eigenvalue weighted by Gasteiger charge is -2.35. The molecule has 0 atom stereocenters. The Labute approximate surface area is 325 Å². The summed E-state index contributed by atoms with van der Waals surface area (Å²) in [7, 11) is -11.4. The maximum absolute atomic E-state index is 12.9. The van der Waals surface area contributed by atoms with E-state index in [1.165, 1.54) is 35.3 Å². The van der Waals surface area contributed by atoms with E-state index in [1.807, 2.05) is 30.6 Å². The summed E-state index contributed by atoms with van der Waals surface area (Å²) in [5, 5.41) is 30.3. The third kappa shape index (κ3) is 10.4. The van der Waals surface area contributed by atoms with Crippen molar-refractivity contribution in [3.05, 3.63) is 55.9 Å². The highest BCUT2D eigenvalue weighted by Gasteiger charge is 2.40. The number of nitrogens with zero attached hydrogens (tertiary/aromatic N) is 12. The molecule has 4 heterocycles. The van der Waals surface area contributed by atoms with Crippen molar-refractivity contribution in [2.24, 2.45) is 26.4 Å². The molecule has 26 heteroatoms. The van der Waals surface area contributed by atoms with Crippen LogP contribution in [0.3, 0.4) is 0 Å². The minimum Gasteiger partial charge on any atom is -0.568 e. The predicted molar refractivity (Wildman–Crippen MR) is 199 cm³/mol. The van der Waals surface area contributed by atoms with Crippen LogP contribution >= 0.6 is 22.7 Å². The molecule has 0 bridgehead atoms. The average molecular weight is 867 g/mol. The van der Waals surface area contributed by atoms with E-state index in [4.69, 9.17) is 0 Å². The van der Waals surface area contributed by atoms with Gasteiger partial charge in [0.15, 0.2) is 20.0 Å². The molecule has 2 aromatic heterocycles. The number of azo groups is 2. The van der Waals surface area contributed by atoms with Crippen LogP contribution < -0.4 is 9.80 Å². The summed E-state index contributed by atoms with van der Waals surface area (Å²) in [4.78, 5) is 3.97. The molecule has 304 valence electrons. The van der Waals surface area contributed by atoms with E-state index in [9.17, 15) is 43.2 Å². The van der Waals surface area contributed by atoms with Gasteiger partial charge in [-0.2, -0.15) is 26.3 Å². The zero-order chi connectivity index (χ0) is 40.9. The first-order valence-electron chi connectivity index (χ1n) is 16.6. The van der Waals surface area contributed by atoms with Gasteiger partial charge < -0.3 is 19.2 Å². The van der Waals surface area contributed by atoms with E-state index in [0.29, 0.717) is 43.2 Å². The zero-order valence-electron chi connectivity index (χ0n) is 29.6. The molecule has 4 aromatic rings.